The van der Waals surface area contributed by atoms with Gasteiger partial charge in [0, 0.05) is 34.7 Å². The van der Waals surface area contributed by atoms with Crippen molar-refractivity contribution in [2.45, 2.75) is 40.0 Å². The molecule has 4 aromatic carbocycles. The molecule has 0 unspecified atom stereocenters. The van der Waals surface area contributed by atoms with Crippen molar-refractivity contribution in [3.63, 3.8) is 0 Å². The largest absolute Gasteiger partial charge is 2.00 e. The summed E-state index contributed by atoms with van der Waals surface area (Å²) >= 11 is 0. The number of nitrogens with zero attached hydrogens (tertiary/aromatic N) is 3. The van der Waals surface area contributed by atoms with Gasteiger partial charge in [-0.2, -0.15) is 6.07 Å². The van der Waals surface area contributed by atoms with Gasteiger partial charge in [0.25, 0.3) is 6.71 Å². The average molecular weight is 819 g/mol. The Balaban J connectivity index is 0.00000378. The molecule has 7 aromatic rings. The van der Waals surface area contributed by atoms with Crippen LogP contribution in [-0.4, -0.2) is 21.2 Å². The van der Waals surface area contributed by atoms with Crippen molar-refractivity contribution in [1.82, 2.24) is 14.5 Å². The van der Waals surface area contributed by atoms with Crippen LogP contribution >= 0.6 is 0 Å². The fraction of sp³-hybridized carbons (Fsp3) is 0.143. The van der Waals surface area contributed by atoms with Crippen molar-refractivity contribution < 1.29 is 30.5 Å². The quantitative estimate of drug-likeness (QED) is 0.131. The number of hydrogen-bond acceptors (Lipinski definition) is 4. The first-order chi connectivity index (χ1) is 23.3. The molecular formula is C42H34BN3O2Pt. The Morgan fingerprint density at radius 2 is 1.47 bits per heavy atom. The molecule has 0 bridgehead atoms. The zero-order chi connectivity index (χ0) is 33.0. The third-order valence-corrected chi connectivity index (χ3v) is 9.17. The van der Waals surface area contributed by atoms with Gasteiger partial charge in [-0.05, 0) is 48.1 Å². The van der Waals surface area contributed by atoms with Crippen molar-refractivity contribution >= 4 is 34.1 Å². The van der Waals surface area contributed by atoms with Gasteiger partial charge in [0.2, 0.25) is 0 Å². The molecule has 4 heterocycles. The van der Waals surface area contributed by atoms with Crippen molar-refractivity contribution in [3.05, 3.63) is 144 Å². The van der Waals surface area contributed by atoms with Crippen LogP contribution in [0.15, 0.2) is 116 Å². The zero-order valence-electron chi connectivity index (χ0n) is 28.0. The molecule has 0 aliphatic carbocycles. The number of ether oxygens (including phenoxy) is 2. The van der Waals surface area contributed by atoms with Gasteiger partial charge in [-0.25, -0.2) is 4.98 Å². The summed E-state index contributed by atoms with van der Waals surface area (Å²) in [5.41, 5.74) is 10.5. The minimum Gasteiger partial charge on any atom is -0.503 e. The average Bonchev–Trinajstić information content (AvgIpc) is 3.41. The molecule has 3 aromatic heterocycles. The van der Waals surface area contributed by atoms with Gasteiger partial charge in [0.15, 0.2) is 5.88 Å². The number of aryl methyl sites for hydroxylation is 2. The molecule has 242 valence electrons. The van der Waals surface area contributed by atoms with Gasteiger partial charge in [-0.3, -0.25) is 4.57 Å². The fourth-order valence-electron chi connectivity index (χ4n) is 6.77. The van der Waals surface area contributed by atoms with E-state index in [0.717, 1.165) is 50.5 Å². The van der Waals surface area contributed by atoms with Crippen LogP contribution in [0.3, 0.4) is 0 Å². The molecule has 0 saturated carbocycles. The van der Waals surface area contributed by atoms with Crippen molar-refractivity contribution in [2.24, 2.45) is 0 Å². The van der Waals surface area contributed by atoms with Crippen LogP contribution in [0.4, 0.5) is 0 Å². The molecule has 0 saturated heterocycles. The Bertz CT molecular complexity index is 2300. The topological polar surface area (TPSA) is 49.2 Å². The minimum atomic E-state index is -0.0260. The normalized spacial score (nSPS) is 12.1. The summed E-state index contributed by atoms with van der Waals surface area (Å²) in [6, 6.07) is 41.8. The maximum absolute atomic E-state index is 6.78. The first-order valence-corrected chi connectivity index (χ1v) is 16.3. The van der Waals surface area contributed by atoms with E-state index in [1.54, 1.807) is 0 Å². The monoisotopic (exact) mass is 818 g/mol. The Morgan fingerprint density at radius 1 is 0.735 bits per heavy atom. The maximum atomic E-state index is 6.78. The molecule has 1 aliphatic rings. The van der Waals surface area contributed by atoms with Crippen molar-refractivity contribution in [3.8, 4) is 40.1 Å². The minimum absolute atomic E-state index is 0. The summed E-state index contributed by atoms with van der Waals surface area (Å²) in [6.45, 7) is 10.9. The van der Waals surface area contributed by atoms with E-state index in [2.05, 4.69) is 93.8 Å². The Labute approximate surface area is 302 Å². The number of pyridine rings is 2. The van der Waals surface area contributed by atoms with Crippen LogP contribution in [0.2, 0.25) is 0 Å². The first kappa shape index (κ1) is 32.6. The van der Waals surface area contributed by atoms with E-state index in [-0.39, 0.29) is 33.2 Å². The Hall–Kier alpha value is -4.93. The van der Waals surface area contributed by atoms with Crippen LogP contribution in [0.1, 0.15) is 37.5 Å². The second-order valence-corrected chi connectivity index (χ2v) is 13.4. The number of aromatic nitrogens is 3. The second kappa shape index (κ2) is 12.8. The van der Waals surface area contributed by atoms with E-state index in [0.29, 0.717) is 11.5 Å². The maximum Gasteiger partial charge on any atom is 2.00 e. The van der Waals surface area contributed by atoms with Crippen molar-refractivity contribution in [2.75, 3.05) is 0 Å². The fourth-order valence-corrected chi connectivity index (χ4v) is 6.77. The number of rotatable bonds is 5. The van der Waals surface area contributed by atoms with Crippen LogP contribution in [-0.2, 0) is 26.5 Å². The number of benzene rings is 4. The van der Waals surface area contributed by atoms with Gasteiger partial charge >= 0.3 is 21.1 Å². The molecule has 0 amide bonds. The molecule has 1 aliphatic heterocycles. The van der Waals surface area contributed by atoms with E-state index in [4.69, 9.17) is 19.4 Å². The third kappa shape index (κ3) is 5.89. The number of para-hydroxylation sites is 1. The summed E-state index contributed by atoms with van der Waals surface area (Å²) < 4.78 is 15.2. The Morgan fingerprint density at radius 3 is 2.22 bits per heavy atom. The van der Waals surface area contributed by atoms with E-state index in [9.17, 15) is 0 Å². The molecule has 49 heavy (non-hydrogen) atoms. The molecule has 0 fully saturated rings. The standard InChI is InChI=1S/C42H34BN3O2.Pt/c1-27-12-8-13-28(2)38(27)43-35-19-6-7-20-37(35)48-41-39(43)34-18-11-23-44-40(34)46(41)31-15-10-17-33(25-31)47-32-16-9-14-29(24-32)36-22-21-30(26-45-36)42(3,4)5;/h6-23,26H,1-5H3;/q-2;+2. The molecule has 5 nitrogen and oxygen atoms in total. The first-order valence-electron chi connectivity index (χ1n) is 16.3. The van der Waals surface area contributed by atoms with Gasteiger partial charge < -0.3 is 14.5 Å². The molecule has 0 radical (unpaired) electrons. The second-order valence-electron chi connectivity index (χ2n) is 13.4. The SMILES string of the molecule is Cc1cccc(C)c1B1c2ccccc2Oc2c1c1cccnc1n2-c1[c-]c(Oc2[c-]c(-c3ccc(C(C)(C)C)cn3)ccc2)ccc1.[Pt+2]. The van der Waals surface area contributed by atoms with Crippen molar-refractivity contribution in [1.29, 1.82) is 0 Å². The zero-order valence-corrected chi connectivity index (χ0v) is 30.3. The van der Waals surface area contributed by atoms with E-state index in [1.807, 2.05) is 73.1 Å². The van der Waals surface area contributed by atoms with E-state index >= 15 is 0 Å². The van der Waals surface area contributed by atoms with E-state index in [1.165, 1.54) is 22.2 Å². The van der Waals surface area contributed by atoms with Crippen LogP contribution < -0.4 is 25.9 Å². The smallest absolute Gasteiger partial charge is 0.503 e. The number of hydrogen-bond donors (Lipinski definition) is 0. The molecule has 0 atom stereocenters. The van der Waals surface area contributed by atoms with Gasteiger partial charge in [-0.1, -0.05) is 104 Å². The predicted octanol–water partition coefficient (Wildman–Crippen LogP) is 8.01. The Kier molecular flexibility index (Phi) is 8.54. The van der Waals surface area contributed by atoms with Crippen LogP contribution in [0, 0.1) is 26.0 Å². The third-order valence-electron chi connectivity index (χ3n) is 9.17. The summed E-state index contributed by atoms with van der Waals surface area (Å²) in [4.78, 5) is 9.60. The molecule has 7 heteroatoms. The molecule has 0 N–H and O–H groups in total. The summed E-state index contributed by atoms with van der Waals surface area (Å²) in [7, 11) is 0. The van der Waals surface area contributed by atoms with Crippen LogP contribution in [0.25, 0.3) is 28.0 Å². The van der Waals surface area contributed by atoms with Crippen LogP contribution in [0.5, 0.6) is 23.1 Å². The molecule has 8 rings (SSSR count). The summed E-state index contributed by atoms with van der Waals surface area (Å²) in [5, 5.41) is 1.04. The molecular weight excluding hydrogens is 784 g/mol. The van der Waals surface area contributed by atoms with Gasteiger partial charge in [0.05, 0.1) is 0 Å². The molecule has 0 spiro atoms. The number of fused-ring (bicyclic) bond motifs is 4. The predicted molar refractivity (Wildman–Crippen MR) is 194 cm³/mol. The van der Waals surface area contributed by atoms with E-state index < -0.39 is 0 Å². The van der Waals surface area contributed by atoms with Gasteiger partial charge in [-0.15, -0.1) is 42.0 Å². The summed E-state index contributed by atoms with van der Waals surface area (Å²) in [5.74, 6) is 2.72. The van der Waals surface area contributed by atoms with Gasteiger partial charge in [0.1, 0.15) is 11.4 Å². The summed E-state index contributed by atoms with van der Waals surface area (Å²) in [6.07, 6.45) is 3.77.